The smallest absolute Gasteiger partial charge is 0.410 e. The molecule has 2 N–H and O–H groups in total. The Morgan fingerprint density at radius 3 is 2.50 bits per heavy atom. The lowest BCUT2D eigenvalue weighted by Crippen LogP contribution is -2.52. The summed E-state index contributed by atoms with van der Waals surface area (Å²) in [4.78, 5) is 51.7. The minimum atomic E-state index is -0.935. The second-order valence-corrected chi connectivity index (χ2v) is 9.78. The zero-order valence-electron chi connectivity index (χ0n) is 18.3. The van der Waals surface area contributed by atoms with E-state index in [1.54, 1.807) is 20.8 Å². The molecule has 168 valence electrons. The predicted octanol–water partition coefficient (Wildman–Crippen LogP) is 1.35. The topological polar surface area (TPSA) is 114 Å². The average molecular weight is 424 g/mol. The Bertz CT molecular complexity index is 712. The van der Waals surface area contributed by atoms with Crippen molar-refractivity contribution in [3.05, 3.63) is 0 Å². The fraction of sp³-hybridized carbons (Fsp3) is 0.810. The molecule has 1 spiro atoms. The molecule has 3 atom stereocenters. The van der Waals surface area contributed by atoms with Gasteiger partial charge in [0.2, 0.25) is 11.8 Å². The van der Waals surface area contributed by atoms with Crippen molar-refractivity contribution >= 4 is 23.9 Å². The van der Waals surface area contributed by atoms with Crippen molar-refractivity contribution in [3.63, 3.8) is 0 Å². The number of ether oxygens (including phenoxy) is 2. The molecule has 3 rings (SSSR count). The molecule has 0 bridgehead atoms. The van der Waals surface area contributed by atoms with Gasteiger partial charge in [-0.1, -0.05) is 6.42 Å². The maximum absolute atomic E-state index is 13.2. The number of carbonyl (C=O) groups excluding carboxylic acids is 4. The van der Waals surface area contributed by atoms with E-state index < -0.39 is 35.7 Å². The fourth-order valence-corrected chi connectivity index (χ4v) is 4.62. The molecule has 0 aromatic carbocycles. The SMILES string of the molecule is COC(=O)[C@H](C[C@@H]1CCNC1=O)NC(=O)[C@@H]1CC2(CCC2)CN1C(=O)OC(C)(C)C. The van der Waals surface area contributed by atoms with Crippen molar-refractivity contribution < 1.29 is 28.7 Å². The zero-order chi connectivity index (χ0) is 22.1. The van der Waals surface area contributed by atoms with Crippen LogP contribution < -0.4 is 10.6 Å². The van der Waals surface area contributed by atoms with Gasteiger partial charge in [-0.05, 0) is 58.3 Å². The number of esters is 1. The van der Waals surface area contributed by atoms with Crippen molar-refractivity contribution in [2.75, 3.05) is 20.2 Å². The molecule has 0 aromatic rings. The molecule has 3 fully saturated rings. The molecule has 0 radical (unpaired) electrons. The summed E-state index contributed by atoms with van der Waals surface area (Å²) in [6.07, 6.45) is 3.84. The van der Waals surface area contributed by atoms with Crippen molar-refractivity contribution in [1.29, 1.82) is 0 Å². The average Bonchev–Trinajstić information content (AvgIpc) is 3.23. The highest BCUT2D eigenvalue weighted by Gasteiger charge is 2.52. The van der Waals surface area contributed by atoms with Gasteiger partial charge in [0.15, 0.2) is 0 Å². The maximum atomic E-state index is 13.2. The van der Waals surface area contributed by atoms with E-state index in [0.717, 1.165) is 19.3 Å². The monoisotopic (exact) mass is 423 g/mol. The molecule has 3 aliphatic rings. The number of rotatable bonds is 5. The first-order chi connectivity index (χ1) is 14.0. The summed E-state index contributed by atoms with van der Waals surface area (Å²) in [5.74, 6) is -1.47. The van der Waals surface area contributed by atoms with Gasteiger partial charge in [0.1, 0.15) is 17.7 Å². The van der Waals surface area contributed by atoms with Gasteiger partial charge < -0.3 is 20.1 Å². The first-order valence-corrected chi connectivity index (χ1v) is 10.7. The lowest BCUT2D eigenvalue weighted by molar-refractivity contribution is -0.146. The minimum Gasteiger partial charge on any atom is -0.467 e. The Morgan fingerprint density at radius 1 is 1.30 bits per heavy atom. The number of likely N-dealkylation sites (tertiary alicyclic amines) is 1. The second kappa shape index (κ2) is 8.43. The lowest BCUT2D eigenvalue weighted by Gasteiger charge is -2.37. The largest absolute Gasteiger partial charge is 0.467 e. The third-order valence-corrected chi connectivity index (χ3v) is 6.34. The van der Waals surface area contributed by atoms with Crippen LogP contribution in [0.15, 0.2) is 0 Å². The molecule has 2 heterocycles. The van der Waals surface area contributed by atoms with Gasteiger partial charge in [0, 0.05) is 19.0 Å². The van der Waals surface area contributed by atoms with E-state index in [1.165, 1.54) is 12.0 Å². The first kappa shape index (κ1) is 22.4. The third kappa shape index (κ3) is 4.87. The van der Waals surface area contributed by atoms with E-state index >= 15 is 0 Å². The summed E-state index contributed by atoms with van der Waals surface area (Å²) in [7, 11) is 1.25. The predicted molar refractivity (Wildman–Crippen MR) is 107 cm³/mol. The molecule has 1 aliphatic carbocycles. The van der Waals surface area contributed by atoms with Gasteiger partial charge in [0.05, 0.1) is 7.11 Å². The van der Waals surface area contributed by atoms with Gasteiger partial charge >= 0.3 is 12.1 Å². The molecule has 9 heteroatoms. The normalized spacial score (nSPS) is 26.0. The molecule has 1 saturated carbocycles. The van der Waals surface area contributed by atoms with Crippen LogP contribution in [0, 0.1) is 11.3 Å². The van der Waals surface area contributed by atoms with Gasteiger partial charge in [-0.15, -0.1) is 0 Å². The summed E-state index contributed by atoms with van der Waals surface area (Å²) >= 11 is 0. The fourth-order valence-electron chi connectivity index (χ4n) is 4.62. The lowest BCUT2D eigenvalue weighted by atomic mass is 9.67. The number of hydrogen-bond acceptors (Lipinski definition) is 6. The van der Waals surface area contributed by atoms with E-state index in [0.29, 0.717) is 25.9 Å². The van der Waals surface area contributed by atoms with Crippen molar-refractivity contribution in [2.24, 2.45) is 11.3 Å². The van der Waals surface area contributed by atoms with Crippen LogP contribution in [-0.2, 0) is 23.9 Å². The van der Waals surface area contributed by atoms with Gasteiger partial charge in [0.25, 0.3) is 0 Å². The first-order valence-electron chi connectivity index (χ1n) is 10.7. The van der Waals surface area contributed by atoms with E-state index in [2.05, 4.69) is 10.6 Å². The zero-order valence-corrected chi connectivity index (χ0v) is 18.3. The number of nitrogens with zero attached hydrogens (tertiary/aromatic N) is 1. The van der Waals surface area contributed by atoms with Gasteiger partial charge in [-0.3, -0.25) is 14.5 Å². The van der Waals surface area contributed by atoms with E-state index in [1.807, 2.05) is 0 Å². The standard InChI is InChI=1S/C21H33N3O6/c1-20(2,3)30-19(28)24-12-21(7-5-8-21)11-15(24)17(26)23-14(18(27)29-4)10-13-6-9-22-16(13)25/h13-15H,5-12H2,1-4H3,(H,22,25)(H,23,26)/t13-,14-,15-/m0/s1. The number of hydrogen-bond donors (Lipinski definition) is 2. The molecule has 3 amide bonds. The van der Waals surface area contributed by atoms with Crippen LogP contribution in [0.25, 0.3) is 0 Å². The quantitative estimate of drug-likeness (QED) is 0.645. The number of carbonyl (C=O) groups is 4. The minimum absolute atomic E-state index is 0.0506. The van der Waals surface area contributed by atoms with Gasteiger partial charge in [-0.2, -0.15) is 0 Å². The number of amides is 3. The molecular weight excluding hydrogens is 390 g/mol. The van der Waals surface area contributed by atoms with E-state index in [9.17, 15) is 19.2 Å². The Hall–Kier alpha value is -2.32. The van der Waals surface area contributed by atoms with Crippen LogP contribution in [0.2, 0.25) is 0 Å². The molecule has 0 aromatic heterocycles. The molecule has 0 unspecified atom stereocenters. The number of nitrogens with one attached hydrogen (secondary N) is 2. The summed E-state index contributed by atoms with van der Waals surface area (Å²) in [5.41, 5.74) is -0.719. The van der Waals surface area contributed by atoms with Crippen LogP contribution in [0.4, 0.5) is 4.79 Å². The molecule has 2 saturated heterocycles. The maximum Gasteiger partial charge on any atom is 0.410 e. The highest BCUT2D eigenvalue weighted by Crippen LogP contribution is 2.50. The van der Waals surface area contributed by atoms with Crippen LogP contribution in [0.3, 0.4) is 0 Å². The highest BCUT2D eigenvalue weighted by atomic mass is 16.6. The Balaban J connectivity index is 1.72. The van der Waals surface area contributed by atoms with Crippen LogP contribution in [0.5, 0.6) is 0 Å². The Kier molecular flexibility index (Phi) is 6.29. The molecule has 30 heavy (non-hydrogen) atoms. The summed E-state index contributed by atoms with van der Waals surface area (Å²) < 4.78 is 10.4. The molecule has 2 aliphatic heterocycles. The molecular formula is C21H33N3O6. The molecule has 9 nitrogen and oxygen atoms in total. The summed E-state index contributed by atoms with van der Waals surface area (Å²) in [5, 5.41) is 5.48. The number of methoxy groups -OCH3 is 1. The summed E-state index contributed by atoms with van der Waals surface area (Å²) in [6.45, 7) is 6.40. The highest BCUT2D eigenvalue weighted by molar-refractivity contribution is 5.91. The van der Waals surface area contributed by atoms with E-state index in [-0.39, 0.29) is 23.7 Å². The van der Waals surface area contributed by atoms with Crippen molar-refractivity contribution in [1.82, 2.24) is 15.5 Å². The van der Waals surface area contributed by atoms with Gasteiger partial charge in [-0.25, -0.2) is 9.59 Å². The Morgan fingerprint density at radius 2 is 2.00 bits per heavy atom. The van der Waals surface area contributed by atoms with Crippen LogP contribution in [-0.4, -0.2) is 66.7 Å². The summed E-state index contributed by atoms with van der Waals surface area (Å²) in [6, 6.07) is -1.64. The van der Waals surface area contributed by atoms with E-state index in [4.69, 9.17) is 9.47 Å². The second-order valence-electron chi connectivity index (χ2n) is 9.78. The van der Waals surface area contributed by atoms with Crippen molar-refractivity contribution in [2.45, 2.75) is 77.0 Å². The van der Waals surface area contributed by atoms with Crippen LogP contribution in [0.1, 0.15) is 59.3 Å². The van der Waals surface area contributed by atoms with Crippen LogP contribution >= 0.6 is 0 Å². The van der Waals surface area contributed by atoms with Crippen molar-refractivity contribution in [3.8, 4) is 0 Å². The Labute approximate surface area is 177 Å². The third-order valence-electron chi connectivity index (χ3n) is 6.34.